The molecule has 0 unspecified atom stereocenters. The number of rotatable bonds is 32. The van der Waals surface area contributed by atoms with Crippen LogP contribution in [0, 0.1) is 11.3 Å². The predicted octanol–water partition coefficient (Wildman–Crippen LogP) is 18.0. The van der Waals surface area contributed by atoms with Gasteiger partial charge in [-0.1, -0.05) is 0 Å². The first-order chi connectivity index (χ1) is 40.2. The van der Waals surface area contributed by atoms with Crippen molar-refractivity contribution in [1.29, 1.82) is 5.26 Å². The molecule has 1 amide bonds. The zero-order valence-electron chi connectivity index (χ0n) is 43.2. The molecule has 0 atom stereocenters. The van der Waals surface area contributed by atoms with Gasteiger partial charge in [0.15, 0.2) is 11.5 Å². The Labute approximate surface area is 478 Å². The minimum atomic E-state index is -8.39. The Morgan fingerprint density at radius 3 is 0.901 bits per heavy atom. The van der Waals surface area contributed by atoms with Crippen molar-refractivity contribution < 1.29 is 190 Å². The number of halogens is 39. The number of alkyl halides is 39. The molecule has 0 radical (unpaired) electrons. The summed E-state index contributed by atoms with van der Waals surface area (Å²) >= 11 is 0. The summed E-state index contributed by atoms with van der Waals surface area (Å²) in [6.07, 6.45) is -42.6. The summed E-state index contributed by atoms with van der Waals surface area (Å²) < 4.78 is 547. The first kappa shape index (κ1) is 80.8. The minimum Gasteiger partial charge on any atom is -0.490 e. The lowest BCUT2D eigenvalue weighted by atomic mass is 9.92. The molecule has 0 aliphatic rings. The highest BCUT2D eigenvalue weighted by Gasteiger charge is 2.93. The quantitative estimate of drug-likeness (QED) is 0.0579. The second-order valence-electron chi connectivity index (χ2n) is 18.7. The van der Waals surface area contributed by atoms with E-state index in [9.17, 15) is 181 Å². The SMILES string of the molecule is N#Cc1ccc(NC(=O)c2cc(OCCCCC(F)(F)C(F)(F)C(F)(F)C(F)(F)C(F)(F)C(F)(F)F)c(OCCCCC(F)(F)C(F)(F)C(F)(F)C(F)(F)C(F)(F)C(F)(F)F)c(OCCCCC(F)(F)C(F)(F)C(F)(F)C(F)(F)C(F)(F)C(F)(F)F)c2)c(=O)cc1. The first-order valence-electron chi connectivity index (χ1n) is 23.5. The van der Waals surface area contributed by atoms with Crippen molar-refractivity contribution in [2.75, 3.05) is 25.1 Å². The van der Waals surface area contributed by atoms with E-state index in [-0.39, 0.29) is 17.7 Å². The molecule has 0 aromatic heterocycles. The summed E-state index contributed by atoms with van der Waals surface area (Å²) in [6.45, 7) is -4.80. The highest BCUT2D eigenvalue weighted by Crippen LogP contribution is 2.64. The summed E-state index contributed by atoms with van der Waals surface area (Å²) in [4.78, 5) is 26.1. The van der Waals surface area contributed by atoms with Crippen molar-refractivity contribution in [1.82, 2.24) is 0 Å². The molecule has 0 heterocycles. The van der Waals surface area contributed by atoms with Crippen molar-refractivity contribution in [3.8, 4) is 23.3 Å². The lowest BCUT2D eigenvalue weighted by molar-refractivity contribution is -0.440. The Balaban J connectivity index is 2.77. The maximum atomic E-state index is 14.5. The third-order valence-corrected chi connectivity index (χ3v) is 12.2. The molecule has 1 N–H and O–H groups in total. The van der Waals surface area contributed by atoms with Crippen LogP contribution in [0.2, 0.25) is 0 Å². The van der Waals surface area contributed by atoms with Crippen molar-refractivity contribution in [3.05, 3.63) is 57.7 Å². The number of nitrogens with one attached hydrogen (secondary N) is 1. The number of unbranched alkanes of at least 4 members (excludes halogenated alkanes) is 3. The number of nitriles is 1. The van der Waals surface area contributed by atoms with E-state index in [2.05, 4.69) is 0 Å². The summed E-state index contributed by atoms with van der Waals surface area (Å²) in [5.74, 6) is -125. The summed E-state index contributed by atoms with van der Waals surface area (Å²) in [5, 5.41) is 10.9. The second-order valence-corrected chi connectivity index (χ2v) is 18.7. The van der Waals surface area contributed by atoms with Crippen LogP contribution >= 0.6 is 0 Å². The third kappa shape index (κ3) is 14.6. The van der Waals surface area contributed by atoms with Crippen LogP contribution in [0.4, 0.5) is 177 Å². The number of hydrogen-bond acceptors (Lipinski definition) is 6. The molecular formula is C45H31F39N2O5. The number of anilines is 1. The van der Waals surface area contributed by atoms with E-state index >= 15 is 0 Å². The van der Waals surface area contributed by atoms with Crippen LogP contribution in [0.3, 0.4) is 0 Å². The Morgan fingerprint density at radius 1 is 0.363 bits per heavy atom. The number of ether oxygens (including phenoxy) is 3. The first-order valence-corrected chi connectivity index (χ1v) is 23.5. The van der Waals surface area contributed by atoms with E-state index < -0.39 is 225 Å². The monoisotopic (exact) mass is 1420 g/mol. The lowest BCUT2D eigenvalue weighted by Crippen LogP contribution is -2.70. The van der Waals surface area contributed by atoms with Gasteiger partial charge in [-0.25, -0.2) is 0 Å². The fourth-order valence-corrected chi connectivity index (χ4v) is 6.77. The molecule has 2 aromatic rings. The Kier molecular flexibility index (Phi) is 23.0. The average Bonchev–Trinajstić information content (AvgIpc) is 0.810. The third-order valence-electron chi connectivity index (χ3n) is 12.2. The van der Waals surface area contributed by atoms with Gasteiger partial charge in [-0.05, 0) is 74.9 Å². The van der Waals surface area contributed by atoms with Gasteiger partial charge in [-0.15, -0.1) is 0 Å². The maximum Gasteiger partial charge on any atom is 0.460 e. The lowest BCUT2D eigenvalue weighted by Gasteiger charge is -2.39. The van der Waals surface area contributed by atoms with Gasteiger partial charge in [-0.3, -0.25) is 9.59 Å². The van der Waals surface area contributed by atoms with Gasteiger partial charge in [0, 0.05) is 24.8 Å². The van der Waals surface area contributed by atoms with E-state index in [0.29, 0.717) is 12.1 Å². The zero-order valence-corrected chi connectivity index (χ0v) is 43.2. The average molecular weight is 1420 g/mol. The summed E-state index contributed by atoms with van der Waals surface area (Å²) in [5.41, 5.74) is -3.64. The minimum absolute atomic E-state index is 0.187. The van der Waals surface area contributed by atoms with Crippen LogP contribution in [0.15, 0.2) is 41.2 Å². The van der Waals surface area contributed by atoms with Gasteiger partial charge in [0.1, 0.15) is 0 Å². The van der Waals surface area contributed by atoms with Crippen molar-refractivity contribution in [2.45, 2.75) is 165 Å². The standard InChI is InChI=1S/C45H31F39N2O5/c46-28(47,31(52,53)34(58,59)37(64,65)40(70,71)43(76,77)78)11-1-4-14-89-24-17-21(27(88)86-22-9-7-20(19-85)8-10-23(22)87)18-25(90-15-5-2-12-29(48,49)32(54,55)35(60,61)38(66,67)41(72,73)44(79,80)81)26(24)91-16-6-3-13-30(50,51)33(56,57)36(62,63)39(68,69)42(74,75)45(82,83)84/h7-10,17-18H,1-6,11-16H2,(H,86,87,88). The predicted molar refractivity (Wildman–Crippen MR) is 222 cm³/mol. The highest BCUT2D eigenvalue weighted by molar-refractivity contribution is 6.05. The summed E-state index contributed by atoms with van der Waals surface area (Å²) in [7, 11) is 0. The Hall–Kier alpha value is -6.26. The van der Waals surface area contributed by atoms with Crippen LogP contribution in [-0.4, -0.2) is 133 Å². The Morgan fingerprint density at radius 2 is 0.626 bits per heavy atom. The normalized spacial score (nSPS) is 14.9. The molecule has 46 heteroatoms. The fraction of sp³-hybridized carbons (Fsp3) is 0.667. The molecule has 0 spiro atoms. The molecular weight excluding hydrogens is 1390 g/mol. The molecule has 0 fully saturated rings. The number of carbonyl (C=O) groups excluding carboxylic acids is 1. The maximum absolute atomic E-state index is 14.5. The summed E-state index contributed by atoms with van der Waals surface area (Å²) in [6, 6.07) is 4.71. The number of benzene rings is 1. The van der Waals surface area contributed by atoms with Crippen molar-refractivity contribution in [3.63, 3.8) is 0 Å². The largest absolute Gasteiger partial charge is 0.490 e. The molecule has 0 aliphatic heterocycles. The van der Waals surface area contributed by atoms with Gasteiger partial charge in [-0.2, -0.15) is 176 Å². The van der Waals surface area contributed by atoms with E-state index in [1.54, 1.807) is 5.32 Å². The van der Waals surface area contributed by atoms with E-state index in [1.807, 2.05) is 0 Å². The molecule has 0 bridgehead atoms. The van der Waals surface area contributed by atoms with Crippen LogP contribution < -0.4 is 25.0 Å². The van der Waals surface area contributed by atoms with Gasteiger partial charge in [0.05, 0.1) is 37.1 Å². The van der Waals surface area contributed by atoms with Gasteiger partial charge >= 0.3 is 107 Å². The molecule has 0 saturated carbocycles. The van der Waals surface area contributed by atoms with E-state index in [4.69, 9.17) is 19.5 Å². The van der Waals surface area contributed by atoms with Crippen LogP contribution in [0.1, 0.15) is 73.7 Å². The zero-order chi connectivity index (χ0) is 71.9. The Bertz CT molecular complexity index is 2840. The molecule has 2 rings (SSSR count). The van der Waals surface area contributed by atoms with Crippen LogP contribution in [-0.2, 0) is 0 Å². The number of carbonyl (C=O) groups is 1. The number of hydrogen-bond donors (Lipinski definition) is 1. The van der Waals surface area contributed by atoms with Crippen molar-refractivity contribution >= 4 is 11.6 Å². The van der Waals surface area contributed by atoms with E-state index in [0.717, 1.165) is 12.1 Å². The van der Waals surface area contributed by atoms with Gasteiger partial charge < -0.3 is 19.5 Å². The van der Waals surface area contributed by atoms with E-state index in [1.165, 1.54) is 6.07 Å². The van der Waals surface area contributed by atoms with Crippen molar-refractivity contribution in [2.24, 2.45) is 0 Å². The van der Waals surface area contributed by atoms with Crippen LogP contribution in [0.5, 0.6) is 17.2 Å². The molecule has 91 heavy (non-hydrogen) atoms. The number of nitrogens with zero attached hydrogens (tertiary/aromatic N) is 1. The number of amides is 1. The highest BCUT2D eigenvalue weighted by atomic mass is 19.5. The van der Waals surface area contributed by atoms with Crippen LogP contribution in [0.25, 0.3) is 0 Å². The topological polar surface area (TPSA) is 97.7 Å². The van der Waals surface area contributed by atoms with Gasteiger partial charge in [0.25, 0.3) is 5.91 Å². The fourth-order valence-electron chi connectivity index (χ4n) is 6.77. The smallest absolute Gasteiger partial charge is 0.460 e. The molecule has 7 nitrogen and oxygen atoms in total. The molecule has 0 aliphatic carbocycles. The molecule has 2 aromatic carbocycles. The second kappa shape index (κ2) is 25.9. The molecule has 0 saturated heterocycles. The van der Waals surface area contributed by atoms with Gasteiger partial charge in [0.2, 0.25) is 11.2 Å². The molecule has 524 valence electrons.